The van der Waals surface area contributed by atoms with Crippen LogP contribution in [0.5, 0.6) is 0 Å². The van der Waals surface area contributed by atoms with E-state index in [-0.39, 0.29) is 24.0 Å². The molecule has 1 saturated carbocycles. The number of anilines is 1. The Kier molecular flexibility index (Phi) is 5.20. The second-order valence-electron chi connectivity index (χ2n) is 8.13. The molecule has 0 radical (unpaired) electrons. The van der Waals surface area contributed by atoms with E-state index in [1.807, 2.05) is 11.9 Å². The molecule has 1 unspecified atom stereocenters. The number of carbonyl (C=O) groups is 1. The van der Waals surface area contributed by atoms with E-state index in [1.165, 1.54) is 0 Å². The van der Waals surface area contributed by atoms with Crippen molar-refractivity contribution in [2.45, 2.75) is 62.8 Å². The quantitative estimate of drug-likeness (QED) is 0.764. The predicted molar refractivity (Wildman–Crippen MR) is 97.8 cm³/mol. The zero-order valence-electron chi connectivity index (χ0n) is 16.0. The van der Waals surface area contributed by atoms with Gasteiger partial charge in [-0.05, 0) is 32.1 Å². The maximum Gasteiger partial charge on any atom is 0.433 e. The summed E-state index contributed by atoms with van der Waals surface area (Å²) in [7, 11) is 1.87. The Balaban J connectivity index is 1.40. The maximum absolute atomic E-state index is 13.1. The molecule has 1 amide bonds. The van der Waals surface area contributed by atoms with E-state index in [4.69, 9.17) is 0 Å². The molecule has 6 nitrogen and oxygen atoms in total. The van der Waals surface area contributed by atoms with Gasteiger partial charge in [0.1, 0.15) is 17.8 Å². The van der Waals surface area contributed by atoms with E-state index in [9.17, 15) is 18.0 Å². The highest BCUT2D eigenvalue weighted by molar-refractivity contribution is 5.78. The Hall–Kier alpha value is -1.90. The number of halogens is 3. The van der Waals surface area contributed by atoms with Gasteiger partial charge in [-0.1, -0.05) is 0 Å². The van der Waals surface area contributed by atoms with Crippen LogP contribution in [0.15, 0.2) is 12.4 Å². The first kappa shape index (κ1) is 19.4. The fourth-order valence-electron chi connectivity index (χ4n) is 4.42. The molecule has 0 bridgehead atoms. The summed E-state index contributed by atoms with van der Waals surface area (Å²) in [5.74, 6) is 0.605. The Morgan fingerprint density at radius 2 is 1.79 bits per heavy atom. The van der Waals surface area contributed by atoms with Crippen molar-refractivity contribution in [2.75, 3.05) is 31.6 Å². The summed E-state index contributed by atoms with van der Waals surface area (Å²) in [5.41, 5.74) is -0.880. The van der Waals surface area contributed by atoms with Crippen LogP contribution < -0.4 is 4.90 Å². The van der Waals surface area contributed by atoms with Crippen LogP contribution in [0.1, 0.15) is 44.2 Å². The van der Waals surface area contributed by atoms with Crippen LogP contribution in [0.2, 0.25) is 0 Å². The molecule has 2 saturated heterocycles. The smallest absolute Gasteiger partial charge is 0.350 e. The molecule has 0 N–H and O–H groups in total. The lowest BCUT2D eigenvalue weighted by atomic mass is 10.0. The third-order valence-electron chi connectivity index (χ3n) is 6.20. The van der Waals surface area contributed by atoms with E-state index in [1.54, 1.807) is 0 Å². The molecular formula is C19H26F3N5O. The Labute approximate surface area is 162 Å². The average Bonchev–Trinajstić information content (AvgIpc) is 3.45. The number of nitrogens with zero attached hydrogens (tertiary/aromatic N) is 5. The summed E-state index contributed by atoms with van der Waals surface area (Å²) in [6.07, 6.45) is 1.89. The van der Waals surface area contributed by atoms with Gasteiger partial charge in [-0.15, -0.1) is 0 Å². The van der Waals surface area contributed by atoms with E-state index >= 15 is 0 Å². The molecule has 1 atom stereocenters. The minimum Gasteiger partial charge on any atom is -0.350 e. The predicted octanol–water partition coefficient (Wildman–Crippen LogP) is 2.55. The summed E-state index contributed by atoms with van der Waals surface area (Å²) >= 11 is 0. The zero-order chi connectivity index (χ0) is 19.9. The zero-order valence-corrected chi connectivity index (χ0v) is 16.0. The molecule has 0 spiro atoms. The average molecular weight is 397 g/mol. The molecule has 1 aromatic rings. The summed E-state index contributed by atoms with van der Waals surface area (Å²) in [5, 5.41) is 0. The van der Waals surface area contributed by atoms with Gasteiger partial charge < -0.3 is 14.7 Å². The van der Waals surface area contributed by atoms with Crippen molar-refractivity contribution in [2.24, 2.45) is 0 Å². The fraction of sp³-hybridized carbons (Fsp3) is 0.737. The number of piperidine rings is 1. The lowest BCUT2D eigenvalue weighted by molar-refractivity contribution is -0.141. The minimum atomic E-state index is -4.46. The summed E-state index contributed by atoms with van der Waals surface area (Å²) in [4.78, 5) is 25.6. The number of rotatable bonds is 5. The van der Waals surface area contributed by atoms with Crippen molar-refractivity contribution in [1.29, 1.82) is 0 Å². The molecule has 1 aromatic heterocycles. The number of likely N-dealkylation sites (N-methyl/N-ethyl adjacent to an activating group) is 1. The first-order chi connectivity index (χ1) is 13.3. The Morgan fingerprint density at radius 1 is 1.11 bits per heavy atom. The Morgan fingerprint density at radius 3 is 2.36 bits per heavy atom. The van der Waals surface area contributed by atoms with Gasteiger partial charge in [-0.2, -0.15) is 13.2 Å². The third-order valence-corrected chi connectivity index (χ3v) is 6.20. The van der Waals surface area contributed by atoms with Crippen LogP contribution in [-0.2, 0) is 11.0 Å². The minimum absolute atomic E-state index is 0.197. The summed E-state index contributed by atoms with van der Waals surface area (Å²) in [6.45, 7) is 2.66. The normalized spacial score (nSPS) is 24.8. The van der Waals surface area contributed by atoms with Crippen molar-refractivity contribution in [1.82, 2.24) is 19.8 Å². The van der Waals surface area contributed by atoms with Crippen molar-refractivity contribution in [3.05, 3.63) is 18.1 Å². The van der Waals surface area contributed by atoms with Crippen molar-refractivity contribution >= 4 is 11.7 Å². The molecule has 3 aliphatic rings. The highest BCUT2D eigenvalue weighted by Gasteiger charge is 2.39. The van der Waals surface area contributed by atoms with Crippen LogP contribution in [0.4, 0.5) is 19.0 Å². The molecule has 0 aromatic carbocycles. The fourth-order valence-corrected chi connectivity index (χ4v) is 4.42. The van der Waals surface area contributed by atoms with Gasteiger partial charge in [-0.3, -0.25) is 4.79 Å². The molecule has 28 heavy (non-hydrogen) atoms. The first-order valence-electron chi connectivity index (χ1n) is 9.98. The van der Waals surface area contributed by atoms with E-state index < -0.39 is 11.9 Å². The lowest BCUT2D eigenvalue weighted by Crippen LogP contribution is -2.49. The standard InChI is InChI=1S/C19H26F3N5O/c1-25-15(4-5-18(25)28)11-26-8-6-14(7-9-26)27(13-2-3-13)17-10-16(19(20,21)22)23-12-24-17/h10,12-15H,2-9,11H2,1H3. The second kappa shape index (κ2) is 7.50. The largest absolute Gasteiger partial charge is 0.433 e. The molecule has 2 aliphatic heterocycles. The van der Waals surface area contributed by atoms with E-state index in [0.29, 0.717) is 12.2 Å². The monoisotopic (exact) mass is 397 g/mol. The number of hydrogen-bond acceptors (Lipinski definition) is 5. The summed E-state index contributed by atoms with van der Waals surface area (Å²) in [6, 6.07) is 1.85. The molecule has 3 heterocycles. The second-order valence-corrected chi connectivity index (χ2v) is 8.13. The highest BCUT2D eigenvalue weighted by atomic mass is 19.4. The topological polar surface area (TPSA) is 52.6 Å². The highest BCUT2D eigenvalue weighted by Crippen LogP contribution is 2.37. The van der Waals surface area contributed by atoms with Crippen molar-refractivity contribution < 1.29 is 18.0 Å². The van der Waals surface area contributed by atoms with Crippen LogP contribution in [0.3, 0.4) is 0 Å². The molecule has 1 aliphatic carbocycles. The number of likely N-dealkylation sites (tertiary alicyclic amines) is 2. The van der Waals surface area contributed by atoms with Gasteiger partial charge >= 0.3 is 6.18 Å². The number of hydrogen-bond donors (Lipinski definition) is 0. The van der Waals surface area contributed by atoms with Gasteiger partial charge in [0, 0.05) is 57.3 Å². The van der Waals surface area contributed by atoms with Crippen molar-refractivity contribution in [3.8, 4) is 0 Å². The van der Waals surface area contributed by atoms with E-state index in [2.05, 4.69) is 19.8 Å². The van der Waals surface area contributed by atoms with Gasteiger partial charge in [0.2, 0.25) is 5.91 Å². The molecule has 4 rings (SSSR count). The number of alkyl halides is 3. The van der Waals surface area contributed by atoms with Gasteiger partial charge in [0.15, 0.2) is 0 Å². The van der Waals surface area contributed by atoms with Crippen LogP contribution in [-0.4, -0.2) is 70.5 Å². The molecule has 9 heteroatoms. The number of aromatic nitrogens is 2. The molecular weight excluding hydrogens is 371 g/mol. The Bertz CT molecular complexity index is 716. The lowest BCUT2D eigenvalue weighted by Gasteiger charge is -2.40. The summed E-state index contributed by atoms with van der Waals surface area (Å²) < 4.78 is 39.2. The molecule has 154 valence electrons. The van der Waals surface area contributed by atoms with Crippen LogP contribution >= 0.6 is 0 Å². The van der Waals surface area contributed by atoms with Gasteiger partial charge in [0.05, 0.1) is 0 Å². The van der Waals surface area contributed by atoms with E-state index in [0.717, 1.165) is 64.1 Å². The SMILES string of the molecule is CN1C(=O)CCC1CN1CCC(N(c2cc(C(F)(F)F)ncn2)C2CC2)CC1. The maximum atomic E-state index is 13.1. The number of amides is 1. The van der Waals surface area contributed by atoms with Crippen LogP contribution in [0.25, 0.3) is 0 Å². The first-order valence-corrected chi connectivity index (χ1v) is 9.98. The molecule has 3 fully saturated rings. The van der Waals surface area contributed by atoms with Crippen molar-refractivity contribution in [3.63, 3.8) is 0 Å². The number of carbonyl (C=O) groups excluding carboxylic acids is 1. The third kappa shape index (κ3) is 4.09. The van der Waals surface area contributed by atoms with Gasteiger partial charge in [-0.25, -0.2) is 9.97 Å². The van der Waals surface area contributed by atoms with Gasteiger partial charge in [0.25, 0.3) is 0 Å². The van der Waals surface area contributed by atoms with Crippen LogP contribution in [0, 0.1) is 0 Å².